The molecule has 0 bridgehead atoms. The fourth-order valence-electron chi connectivity index (χ4n) is 4.05. The van der Waals surface area contributed by atoms with Gasteiger partial charge in [-0.2, -0.15) is 0 Å². The van der Waals surface area contributed by atoms with Gasteiger partial charge in [-0.05, 0) is 42.7 Å². The molecular formula is C27H34N4O4S. The Kier molecular flexibility index (Phi) is 8.90. The second-order valence-corrected chi connectivity index (χ2v) is 11.0. The Balaban J connectivity index is 1.36. The Morgan fingerprint density at radius 3 is 2.61 bits per heavy atom. The molecule has 8 nitrogen and oxygen atoms in total. The molecule has 0 saturated carbocycles. The molecule has 1 N–H and O–H groups in total. The third-order valence-corrected chi connectivity index (χ3v) is 8.04. The lowest BCUT2D eigenvalue weighted by atomic mass is 10.1. The summed E-state index contributed by atoms with van der Waals surface area (Å²) >= 11 is 0. The van der Waals surface area contributed by atoms with Gasteiger partial charge in [0, 0.05) is 37.4 Å². The van der Waals surface area contributed by atoms with Crippen LogP contribution in [0.15, 0.2) is 59.8 Å². The van der Waals surface area contributed by atoms with Gasteiger partial charge >= 0.3 is 0 Å². The molecule has 1 aliphatic heterocycles. The van der Waals surface area contributed by atoms with Gasteiger partial charge in [0.2, 0.25) is 0 Å². The summed E-state index contributed by atoms with van der Waals surface area (Å²) in [6.07, 6.45) is 4.01. The topological polar surface area (TPSA) is 93.7 Å². The van der Waals surface area contributed by atoms with Crippen LogP contribution in [0.25, 0.3) is 11.4 Å². The maximum absolute atomic E-state index is 12.5. The second kappa shape index (κ2) is 12.3. The zero-order chi connectivity index (χ0) is 25.4. The van der Waals surface area contributed by atoms with Crippen molar-refractivity contribution in [3.05, 3.63) is 66.0 Å². The van der Waals surface area contributed by atoms with Gasteiger partial charge in [0.15, 0.2) is 21.4 Å². The first-order chi connectivity index (χ1) is 17.4. The highest BCUT2D eigenvalue weighted by Gasteiger charge is 2.15. The van der Waals surface area contributed by atoms with Crippen molar-refractivity contribution < 1.29 is 17.9 Å². The first-order valence-corrected chi connectivity index (χ1v) is 14.0. The molecule has 1 aromatic heterocycles. The summed E-state index contributed by atoms with van der Waals surface area (Å²) in [4.78, 5) is 11.6. The number of nitrogens with one attached hydrogen (secondary N) is 1. The van der Waals surface area contributed by atoms with Gasteiger partial charge in [-0.1, -0.05) is 31.2 Å². The van der Waals surface area contributed by atoms with Crippen LogP contribution < -0.4 is 10.1 Å². The molecule has 0 spiro atoms. The first-order valence-electron chi connectivity index (χ1n) is 12.4. The van der Waals surface area contributed by atoms with Gasteiger partial charge in [-0.3, -0.25) is 4.90 Å². The van der Waals surface area contributed by atoms with E-state index in [1.54, 1.807) is 24.5 Å². The Hall–Kier alpha value is -3.01. The lowest BCUT2D eigenvalue weighted by Gasteiger charge is -2.26. The van der Waals surface area contributed by atoms with Gasteiger partial charge in [0.25, 0.3) is 0 Å². The Labute approximate surface area is 213 Å². The number of nitrogens with zero attached hydrogens (tertiary/aromatic N) is 3. The molecule has 0 atom stereocenters. The number of hydrogen-bond acceptors (Lipinski definition) is 8. The summed E-state index contributed by atoms with van der Waals surface area (Å²) < 4.78 is 36.1. The predicted octanol–water partition coefficient (Wildman–Crippen LogP) is 3.96. The van der Waals surface area contributed by atoms with Crippen LogP contribution in [0.4, 0.5) is 5.69 Å². The van der Waals surface area contributed by atoms with Crippen LogP contribution in [0.1, 0.15) is 24.5 Å². The van der Waals surface area contributed by atoms with E-state index in [-0.39, 0.29) is 5.75 Å². The van der Waals surface area contributed by atoms with Crippen molar-refractivity contribution >= 4 is 15.5 Å². The van der Waals surface area contributed by atoms with Crippen molar-refractivity contribution in [1.82, 2.24) is 14.9 Å². The number of aryl methyl sites for hydroxylation is 1. The van der Waals surface area contributed by atoms with Crippen molar-refractivity contribution in [3.63, 3.8) is 0 Å². The van der Waals surface area contributed by atoms with Crippen molar-refractivity contribution in [2.24, 2.45) is 0 Å². The van der Waals surface area contributed by atoms with Crippen LogP contribution in [0.3, 0.4) is 0 Å². The fourth-order valence-corrected chi connectivity index (χ4v) is 5.39. The molecule has 1 fully saturated rings. The SMILES string of the molecule is CCCS(=O)(=O)c1ccc(C)c(NCc2cccc(-c3ncc(OCCN4CCOCC4)cn3)c2)c1. The summed E-state index contributed by atoms with van der Waals surface area (Å²) in [5, 5.41) is 3.38. The lowest BCUT2D eigenvalue weighted by Crippen LogP contribution is -2.38. The van der Waals surface area contributed by atoms with E-state index in [2.05, 4.69) is 20.2 Å². The number of ether oxygens (including phenoxy) is 2. The van der Waals surface area contributed by atoms with Gasteiger partial charge in [0.1, 0.15) is 6.61 Å². The number of aromatic nitrogens is 2. The zero-order valence-electron chi connectivity index (χ0n) is 20.9. The molecule has 3 aromatic rings. The van der Waals surface area contributed by atoms with E-state index in [0.29, 0.717) is 36.0 Å². The summed E-state index contributed by atoms with van der Waals surface area (Å²) in [6, 6.07) is 13.3. The Bertz CT molecular complexity index is 1240. The van der Waals surface area contributed by atoms with Crippen molar-refractivity contribution in [2.75, 3.05) is 50.5 Å². The van der Waals surface area contributed by atoms with Crippen molar-refractivity contribution in [2.45, 2.75) is 31.7 Å². The van der Waals surface area contributed by atoms with E-state index >= 15 is 0 Å². The maximum atomic E-state index is 12.5. The minimum absolute atomic E-state index is 0.148. The average molecular weight is 511 g/mol. The van der Waals surface area contributed by atoms with E-state index in [4.69, 9.17) is 9.47 Å². The van der Waals surface area contributed by atoms with Crippen molar-refractivity contribution in [1.29, 1.82) is 0 Å². The quantitative estimate of drug-likeness (QED) is 0.414. The molecule has 2 heterocycles. The Morgan fingerprint density at radius 1 is 1.08 bits per heavy atom. The molecule has 4 rings (SSSR count). The van der Waals surface area contributed by atoms with Crippen LogP contribution in [0.5, 0.6) is 5.75 Å². The number of sulfone groups is 1. The summed E-state index contributed by atoms with van der Waals surface area (Å²) in [6.45, 7) is 9.26. The van der Waals surface area contributed by atoms with E-state index in [1.807, 2.05) is 44.2 Å². The molecule has 192 valence electrons. The minimum Gasteiger partial charge on any atom is -0.489 e. The van der Waals surface area contributed by atoms with E-state index in [0.717, 1.165) is 55.2 Å². The van der Waals surface area contributed by atoms with Crippen LogP contribution in [-0.2, 0) is 21.1 Å². The summed E-state index contributed by atoms with van der Waals surface area (Å²) in [7, 11) is -3.26. The molecule has 0 aliphatic carbocycles. The zero-order valence-corrected chi connectivity index (χ0v) is 21.8. The van der Waals surface area contributed by atoms with Gasteiger partial charge in [0.05, 0.1) is 36.3 Å². The molecule has 0 unspecified atom stereocenters. The molecule has 1 saturated heterocycles. The highest BCUT2D eigenvalue weighted by atomic mass is 32.2. The monoisotopic (exact) mass is 510 g/mol. The van der Waals surface area contributed by atoms with Crippen LogP contribution in [0, 0.1) is 6.92 Å². The predicted molar refractivity (Wildman–Crippen MR) is 141 cm³/mol. The van der Waals surface area contributed by atoms with Crippen LogP contribution >= 0.6 is 0 Å². The number of anilines is 1. The molecule has 9 heteroatoms. The third kappa shape index (κ3) is 7.02. The second-order valence-electron chi connectivity index (χ2n) is 8.89. The smallest absolute Gasteiger partial charge is 0.178 e. The van der Waals surface area contributed by atoms with E-state index < -0.39 is 9.84 Å². The fraction of sp³-hybridized carbons (Fsp3) is 0.407. The maximum Gasteiger partial charge on any atom is 0.178 e. The number of rotatable bonds is 11. The standard InChI is InChI=1S/C27H34N4O4S/c1-3-15-36(32,33)25-8-7-21(2)26(17-25)28-18-22-5-4-6-23(16-22)27-29-19-24(20-30-27)35-14-11-31-9-12-34-13-10-31/h4-8,16-17,19-20,28H,3,9-15,18H2,1-2H3. The first kappa shape index (κ1) is 26.1. The Morgan fingerprint density at radius 2 is 1.86 bits per heavy atom. The minimum atomic E-state index is -3.26. The molecule has 36 heavy (non-hydrogen) atoms. The number of hydrogen-bond donors (Lipinski definition) is 1. The normalized spacial score (nSPS) is 14.5. The highest BCUT2D eigenvalue weighted by Crippen LogP contribution is 2.23. The largest absolute Gasteiger partial charge is 0.489 e. The number of benzene rings is 2. The molecule has 0 radical (unpaired) electrons. The van der Waals surface area contributed by atoms with E-state index in [1.165, 1.54) is 0 Å². The highest BCUT2D eigenvalue weighted by molar-refractivity contribution is 7.91. The van der Waals surface area contributed by atoms with Gasteiger partial charge < -0.3 is 14.8 Å². The number of morpholine rings is 1. The third-order valence-electron chi connectivity index (χ3n) is 6.12. The molecule has 2 aromatic carbocycles. The van der Waals surface area contributed by atoms with Crippen LogP contribution in [0.2, 0.25) is 0 Å². The summed E-state index contributed by atoms with van der Waals surface area (Å²) in [5.74, 6) is 1.43. The average Bonchev–Trinajstić information content (AvgIpc) is 2.89. The van der Waals surface area contributed by atoms with E-state index in [9.17, 15) is 8.42 Å². The van der Waals surface area contributed by atoms with Gasteiger partial charge in [-0.15, -0.1) is 0 Å². The summed E-state index contributed by atoms with van der Waals surface area (Å²) in [5.41, 5.74) is 3.76. The van der Waals surface area contributed by atoms with Gasteiger partial charge in [-0.25, -0.2) is 18.4 Å². The molecular weight excluding hydrogens is 476 g/mol. The lowest BCUT2D eigenvalue weighted by molar-refractivity contribution is 0.0322. The molecule has 0 amide bonds. The molecule has 1 aliphatic rings. The van der Waals surface area contributed by atoms with Crippen molar-refractivity contribution in [3.8, 4) is 17.1 Å². The van der Waals surface area contributed by atoms with Crippen LogP contribution in [-0.4, -0.2) is 68.5 Å².